The topological polar surface area (TPSA) is 83.9 Å². The van der Waals surface area contributed by atoms with E-state index >= 15 is 0 Å². The molecule has 6 heteroatoms. The first-order valence-corrected chi connectivity index (χ1v) is 8.15. The molecular formula is C20H14N4O2. The molecule has 0 saturated carbocycles. The van der Waals surface area contributed by atoms with E-state index in [1.165, 1.54) is 0 Å². The number of hydrogen-bond acceptors (Lipinski definition) is 5. The molecule has 0 aliphatic rings. The first-order chi connectivity index (χ1) is 12.8. The number of fused-ring (bicyclic) bond motifs is 6. The normalized spacial score (nSPS) is 11.4. The summed E-state index contributed by atoms with van der Waals surface area (Å²) < 4.78 is 5.15. The summed E-state index contributed by atoms with van der Waals surface area (Å²) in [7, 11) is 1.56. The van der Waals surface area contributed by atoms with Crippen LogP contribution in [0.2, 0.25) is 0 Å². The second kappa shape index (κ2) is 5.42. The summed E-state index contributed by atoms with van der Waals surface area (Å²) in [6.45, 7) is 0. The van der Waals surface area contributed by atoms with Gasteiger partial charge in [-0.3, -0.25) is 9.97 Å². The van der Waals surface area contributed by atoms with E-state index in [1.54, 1.807) is 37.7 Å². The van der Waals surface area contributed by atoms with Gasteiger partial charge in [0, 0.05) is 29.2 Å². The molecule has 5 aromatic rings. The van der Waals surface area contributed by atoms with Crippen LogP contribution in [0.1, 0.15) is 0 Å². The Kier molecular flexibility index (Phi) is 3.05. The van der Waals surface area contributed by atoms with Crippen LogP contribution < -0.4 is 4.74 Å². The number of hydrogen-bond donors (Lipinski definition) is 2. The number of pyridine rings is 2. The molecule has 0 radical (unpaired) electrons. The van der Waals surface area contributed by atoms with Crippen molar-refractivity contribution in [3.63, 3.8) is 0 Å². The smallest absolute Gasteiger partial charge is 0.142 e. The molecule has 2 N–H and O–H groups in total. The Balaban J connectivity index is 1.88. The lowest BCUT2D eigenvalue weighted by Crippen LogP contribution is -1.86. The lowest BCUT2D eigenvalue weighted by Gasteiger charge is -2.04. The van der Waals surface area contributed by atoms with Crippen LogP contribution in [0.25, 0.3) is 44.2 Å². The number of aromatic hydroxyl groups is 1. The van der Waals surface area contributed by atoms with Gasteiger partial charge < -0.3 is 14.8 Å². The molecule has 26 heavy (non-hydrogen) atoms. The second-order valence-corrected chi connectivity index (χ2v) is 5.99. The van der Waals surface area contributed by atoms with Gasteiger partial charge in [-0.15, -0.1) is 0 Å². The third kappa shape index (κ3) is 2.02. The number of H-pyrrole nitrogens is 1. The highest BCUT2D eigenvalue weighted by molar-refractivity contribution is 6.21. The Labute approximate surface area is 148 Å². The highest BCUT2D eigenvalue weighted by atomic mass is 16.5. The molecule has 5 rings (SSSR count). The molecule has 3 aromatic heterocycles. The predicted molar refractivity (Wildman–Crippen MR) is 100 cm³/mol. The summed E-state index contributed by atoms with van der Waals surface area (Å²) in [4.78, 5) is 17.1. The van der Waals surface area contributed by atoms with Gasteiger partial charge in [0.2, 0.25) is 0 Å². The maximum Gasteiger partial charge on any atom is 0.142 e. The van der Waals surface area contributed by atoms with Crippen molar-refractivity contribution in [3.8, 4) is 22.9 Å². The van der Waals surface area contributed by atoms with Crippen LogP contribution >= 0.6 is 0 Å². The highest BCUT2D eigenvalue weighted by Gasteiger charge is 2.16. The largest absolute Gasteiger partial charge is 0.507 e. The number of benzene rings is 2. The standard InChI is InChI=1S/C20H14N4O2/c1-26-11-6-7-12(15(25)10-11)20-23-18-13-4-2-8-21-16(13)17-14(19(18)24-20)5-3-9-22-17/h2-10,25H,1H3,(H,23,24). The number of phenols is 1. The second-order valence-electron chi connectivity index (χ2n) is 5.99. The molecule has 0 aliphatic carbocycles. The predicted octanol–water partition coefficient (Wildman–Crippen LogP) is 4.04. The van der Waals surface area contributed by atoms with E-state index in [0.717, 1.165) is 32.8 Å². The molecule has 2 aromatic carbocycles. The molecular weight excluding hydrogens is 328 g/mol. The van der Waals surface area contributed by atoms with Crippen molar-refractivity contribution in [2.75, 3.05) is 7.11 Å². The van der Waals surface area contributed by atoms with Crippen molar-refractivity contribution in [3.05, 3.63) is 54.9 Å². The molecule has 0 unspecified atom stereocenters. The lowest BCUT2D eigenvalue weighted by atomic mass is 10.1. The first-order valence-electron chi connectivity index (χ1n) is 8.15. The summed E-state index contributed by atoms with van der Waals surface area (Å²) in [5, 5.41) is 12.2. The molecule has 0 spiro atoms. The van der Waals surface area contributed by atoms with Crippen LogP contribution in [0.15, 0.2) is 54.9 Å². The Bertz CT molecular complexity index is 1220. The van der Waals surface area contributed by atoms with Gasteiger partial charge in [-0.25, -0.2) is 4.98 Å². The van der Waals surface area contributed by atoms with Gasteiger partial charge in [-0.1, -0.05) is 0 Å². The zero-order valence-corrected chi connectivity index (χ0v) is 13.9. The van der Waals surface area contributed by atoms with E-state index in [1.807, 2.05) is 24.3 Å². The van der Waals surface area contributed by atoms with Crippen molar-refractivity contribution in [1.29, 1.82) is 0 Å². The third-order valence-corrected chi connectivity index (χ3v) is 4.53. The van der Waals surface area contributed by atoms with Gasteiger partial charge in [0.25, 0.3) is 0 Å². The number of nitrogens with one attached hydrogen (secondary N) is 1. The molecule has 0 aliphatic heterocycles. The fraction of sp³-hybridized carbons (Fsp3) is 0.0500. The summed E-state index contributed by atoms with van der Waals surface area (Å²) in [5.41, 5.74) is 3.92. The molecule has 0 atom stereocenters. The fourth-order valence-electron chi connectivity index (χ4n) is 3.31. The van der Waals surface area contributed by atoms with Gasteiger partial charge in [0.05, 0.1) is 34.7 Å². The maximum atomic E-state index is 10.4. The number of phenolic OH excluding ortho intramolecular Hbond substituents is 1. The van der Waals surface area contributed by atoms with E-state index in [0.29, 0.717) is 17.1 Å². The number of nitrogens with zero attached hydrogens (tertiary/aromatic N) is 3. The molecule has 0 amide bonds. The van der Waals surface area contributed by atoms with Crippen molar-refractivity contribution in [1.82, 2.24) is 19.9 Å². The van der Waals surface area contributed by atoms with Crippen LogP contribution in [-0.2, 0) is 0 Å². The molecule has 3 heterocycles. The summed E-state index contributed by atoms with van der Waals surface area (Å²) >= 11 is 0. The maximum absolute atomic E-state index is 10.4. The third-order valence-electron chi connectivity index (χ3n) is 4.53. The van der Waals surface area contributed by atoms with Crippen molar-refractivity contribution >= 4 is 32.8 Å². The van der Waals surface area contributed by atoms with Gasteiger partial charge in [-0.2, -0.15) is 0 Å². The number of aromatic amines is 1. The van der Waals surface area contributed by atoms with Gasteiger partial charge in [0.15, 0.2) is 0 Å². The quantitative estimate of drug-likeness (QED) is 0.473. The molecule has 0 fully saturated rings. The molecule has 0 saturated heterocycles. The Morgan fingerprint density at radius 2 is 1.65 bits per heavy atom. The van der Waals surface area contributed by atoms with Crippen LogP contribution in [0.5, 0.6) is 11.5 Å². The van der Waals surface area contributed by atoms with Crippen LogP contribution in [-0.4, -0.2) is 32.2 Å². The van der Waals surface area contributed by atoms with E-state index in [9.17, 15) is 5.11 Å². The number of ether oxygens (including phenoxy) is 1. The van der Waals surface area contributed by atoms with Crippen molar-refractivity contribution in [2.45, 2.75) is 0 Å². The molecule has 6 nitrogen and oxygen atoms in total. The van der Waals surface area contributed by atoms with E-state index in [-0.39, 0.29) is 5.75 Å². The minimum Gasteiger partial charge on any atom is -0.507 e. The minimum absolute atomic E-state index is 0.105. The highest BCUT2D eigenvalue weighted by Crippen LogP contribution is 2.36. The van der Waals surface area contributed by atoms with Gasteiger partial charge in [0.1, 0.15) is 17.3 Å². The van der Waals surface area contributed by atoms with E-state index < -0.39 is 0 Å². The monoisotopic (exact) mass is 342 g/mol. The van der Waals surface area contributed by atoms with Crippen molar-refractivity contribution in [2.24, 2.45) is 0 Å². The van der Waals surface area contributed by atoms with Crippen molar-refractivity contribution < 1.29 is 9.84 Å². The van der Waals surface area contributed by atoms with Crippen LogP contribution in [0.4, 0.5) is 0 Å². The Morgan fingerprint density at radius 1 is 0.923 bits per heavy atom. The summed E-state index contributed by atoms with van der Waals surface area (Å²) in [6, 6.07) is 12.9. The average Bonchev–Trinajstić information content (AvgIpc) is 3.13. The zero-order valence-electron chi connectivity index (χ0n) is 13.9. The average molecular weight is 342 g/mol. The zero-order chi connectivity index (χ0) is 17.7. The summed E-state index contributed by atoms with van der Waals surface area (Å²) in [5.74, 6) is 1.28. The Hall–Kier alpha value is -3.67. The summed E-state index contributed by atoms with van der Waals surface area (Å²) in [6.07, 6.45) is 3.51. The van der Waals surface area contributed by atoms with Crippen LogP contribution in [0, 0.1) is 0 Å². The van der Waals surface area contributed by atoms with E-state index in [2.05, 4.69) is 15.0 Å². The first kappa shape index (κ1) is 14.7. The Morgan fingerprint density at radius 3 is 2.38 bits per heavy atom. The van der Waals surface area contributed by atoms with E-state index in [4.69, 9.17) is 9.72 Å². The lowest BCUT2D eigenvalue weighted by molar-refractivity contribution is 0.408. The van der Waals surface area contributed by atoms with Gasteiger partial charge >= 0.3 is 0 Å². The number of methoxy groups -OCH3 is 1. The minimum atomic E-state index is 0.105. The van der Waals surface area contributed by atoms with Gasteiger partial charge in [-0.05, 0) is 36.4 Å². The fourth-order valence-corrected chi connectivity index (χ4v) is 3.31. The number of imidazole rings is 1. The SMILES string of the molecule is COc1ccc(-c2nc3c4cccnc4c4ncccc4c3[nH]2)c(O)c1. The number of rotatable bonds is 2. The molecule has 0 bridgehead atoms. The number of aromatic nitrogens is 4. The van der Waals surface area contributed by atoms with Crippen LogP contribution in [0.3, 0.4) is 0 Å². The molecule has 126 valence electrons.